The zero-order valence-electron chi connectivity index (χ0n) is 19.0. The molecule has 0 radical (unpaired) electrons. The molecule has 2 heterocycles. The van der Waals surface area contributed by atoms with Gasteiger partial charge in [-0.1, -0.05) is 44.5 Å². The van der Waals surface area contributed by atoms with E-state index in [1.165, 1.54) is 22.2 Å². The minimum absolute atomic E-state index is 0.0680. The lowest BCUT2D eigenvalue weighted by atomic mass is 9.72. The summed E-state index contributed by atoms with van der Waals surface area (Å²) >= 11 is 7.50. The van der Waals surface area contributed by atoms with Crippen LogP contribution in [0.2, 0.25) is 5.02 Å². The standard InChI is InChI=1S/C25H29ClN2O3S/c1-15-21(16-5-9-18(26)10-6-16)22-23(32-15)27-14-28(24(22)30)13-20(29)31-19-11-7-17(8-12-19)25(2,3)4/h5-6,9-10,14,17,19H,7-8,11-13H2,1-4H3. The fraction of sp³-hybridized carbons (Fsp3) is 0.480. The Morgan fingerprint density at radius 3 is 2.47 bits per heavy atom. The molecule has 5 nitrogen and oxygen atoms in total. The van der Waals surface area contributed by atoms with Crippen molar-refractivity contribution in [3.63, 3.8) is 0 Å². The first-order valence-corrected chi connectivity index (χ1v) is 12.3. The van der Waals surface area contributed by atoms with Crippen molar-refractivity contribution in [1.29, 1.82) is 0 Å². The van der Waals surface area contributed by atoms with Crippen LogP contribution in [-0.4, -0.2) is 21.6 Å². The van der Waals surface area contributed by atoms with Crippen molar-refractivity contribution in [3.05, 3.63) is 50.8 Å². The second-order valence-corrected chi connectivity index (χ2v) is 11.4. The number of aromatic nitrogens is 2. The van der Waals surface area contributed by atoms with Gasteiger partial charge < -0.3 is 4.74 Å². The van der Waals surface area contributed by atoms with Crippen molar-refractivity contribution in [2.75, 3.05) is 0 Å². The van der Waals surface area contributed by atoms with E-state index >= 15 is 0 Å². The lowest BCUT2D eigenvalue weighted by Crippen LogP contribution is -2.32. The van der Waals surface area contributed by atoms with E-state index in [2.05, 4.69) is 25.8 Å². The largest absolute Gasteiger partial charge is 0.461 e. The Labute approximate surface area is 197 Å². The van der Waals surface area contributed by atoms with Crippen LogP contribution in [0.4, 0.5) is 0 Å². The molecule has 0 unspecified atom stereocenters. The maximum atomic E-state index is 13.3. The molecule has 2 aromatic heterocycles. The minimum Gasteiger partial charge on any atom is -0.461 e. The van der Waals surface area contributed by atoms with Crippen LogP contribution < -0.4 is 5.56 Å². The van der Waals surface area contributed by atoms with Crippen LogP contribution in [0.25, 0.3) is 21.3 Å². The number of ether oxygens (including phenoxy) is 1. The summed E-state index contributed by atoms with van der Waals surface area (Å²) in [6, 6.07) is 7.41. The molecule has 0 spiro atoms. The van der Waals surface area contributed by atoms with E-state index in [9.17, 15) is 9.59 Å². The number of rotatable bonds is 4. The summed E-state index contributed by atoms with van der Waals surface area (Å²) in [7, 11) is 0. The Morgan fingerprint density at radius 1 is 1.19 bits per heavy atom. The molecular formula is C25H29ClN2O3S. The maximum Gasteiger partial charge on any atom is 0.326 e. The van der Waals surface area contributed by atoms with Crippen molar-refractivity contribution in [2.45, 2.75) is 66.0 Å². The summed E-state index contributed by atoms with van der Waals surface area (Å²) in [6.45, 7) is 8.65. The average molecular weight is 473 g/mol. The van der Waals surface area contributed by atoms with Crippen molar-refractivity contribution >= 4 is 39.1 Å². The first-order chi connectivity index (χ1) is 15.1. The Hall–Kier alpha value is -2.18. The van der Waals surface area contributed by atoms with E-state index in [4.69, 9.17) is 16.3 Å². The van der Waals surface area contributed by atoms with Gasteiger partial charge in [0.25, 0.3) is 5.56 Å². The molecule has 1 fully saturated rings. The second-order valence-electron chi connectivity index (χ2n) is 9.73. The van der Waals surface area contributed by atoms with Gasteiger partial charge in [0.2, 0.25) is 0 Å². The van der Waals surface area contributed by atoms with Crippen LogP contribution in [0, 0.1) is 18.3 Å². The zero-order chi connectivity index (χ0) is 23.0. The molecule has 1 aliphatic rings. The monoisotopic (exact) mass is 472 g/mol. The van der Waals surface area contributed by atoms with E-state index in [0.717, 1.165) is 41.7 Å². The Morgan fingerprint density at radius 2 is 1.84 bits per heavy atom. The molecule has 0 amide bonds. The predicted octanol–water partition coefficient (Wildman–Crippen LogP) is 6.23. The molecule has 0 bridgehead atoms. The van der Waals surface area contributed by atoms with Gasteiger partial charge in [0.05, 0.1) is 11.7 Å². The summed E-state index contributed by atoms with van der Waals surface area (Å²) in [5.41, 5.74) is 1.82. The van der Waals surface area contributed by atoms with Gasteiger partial charge >= 0.3 is 5.97 Å². The van der Waals surface area contributed by atoms with E-state index < -0.39 is 0 Å². The molecule has 0 atom stereocenters. The van der Waals surface area contributed by atoms with Gasteiger partial charge in [-0.2, -0.15) is 0 Å². The van der Waals surface area contributed by atoms with Gasteiger partial charge in [-0.25, -0.2) is 4.98 Å². The summed E-state index contributed by atoms with van der Waals surface area (Å²) < 4.78 is 7.08. The molecule has 1 saturated carbocycles. The quantitative estimate of drug-likeness (QED) is 0.422. The van der Waals surface area contributed by atoms with Gasteiger partial charge in [-0.3, -0.25) is 14.2 Å². The maximum absolute atomic E-state index is 13.3. The zero-order valence-corrected chi connectivity index (χ0v) is 20.6. The van der Waals surface area contributed by atoms with Crippen molar-refractivity contribution in [2.24, 2.45) is 11.3 Å². The molecular weight excluding hydrogens is 444 g/mol. The number of benzene rings is 1. The highest BCUT2D eigenvalue weighted by Gasteiger charge is 2.31. The molecule has 170 valence electrons. The summed E-state index contributed by atoms with van der Waals surface area (Å²) in [5, 5.41) is 1.18. The summed E-state index contributed by atoms with van der Waals surface area (Å²) in [6.07, 6.45) is 5.26. The van der Waals surface area contributed by atoms with Crippen LogP contribution in [-0.2, 0) is 16.1 Å². The van der Waals surface area contributed by atoms with Gasteiger partial charge in [-0.05, 0) is 61.6 Å². The van der Waals surface area contributed by atoms with Crippen LogP contribution in [0.5, 0.6) is 0 Å². The molecule has 1 aliphatic carbocycles. The highest BCUT2D eigenvalue weighted by Crippen LogP contribution is 2.39. The molecule has 4 rings (SSSR count). The predicted molar refractivity (Wildman–Crippen MR) is 130 cm³/mol. The number of hydrogen-bond donors (Lipinski definition) is 0. The number of esters is 1. The molecule has 0 aliphatic heterocycles. The van der Waals surface area contributed by atoms with Crippen molar-refractivity contribution in [1.82, 2.24) is 9.55 Å². The third kappa shape index (κ3) is 4.76. The molecule has 7 heteroatoms. The number of fused-ring (bicyclic) bond motifs is 1. The van der Waals surface area contributed by atoms with Gasteiger partial charge in [0.1, 0.15) is 17.5 Å². The van der Waals surface area contributed by atoms with E-state index in [1.807, 2.05) is 19.1 Å². The SMILES string of the molecule is Cc1sc2ncn(CC(=O)OC3CCC(C(C)(C)C)CC3)c(=O)c2c1-c1ccc(Cl)cc1. The fourth-order valence-corrected chi connectivity index (χ4v) is 5.75. The van der Waals surface area contributed by atoms with Crippen LogP contribution in [0.1, 0.15) is 51.3 Å². The normalized spacial score (nSPS) is 19.3. The van der Waals surface area contributed by atoms with Crippen LogP contribution in [0.3, 0.4) is 0 Å². The van der Waals surface area contributed by atoms with Crippen molar-refractivity contribution < 1.29 is 9.53 Å². The molecule has 0 saturated heterocycles. The van der Waals surface area contributed by atoms with Gasteiger partial charge in [0.15, 0.2) is 0 Å². The van der Waals surface area contributed by atoms with E-state index in [1.54, 1.807) is 12.1 Å². The average Bonchev–Trinajstić information content (AvgIpc) is 3.07. The smallest absolute Gasteiger partial charge is 0.326 e. The van der Waals surface area contributed by atoms with E-state index in [-0.39, 0.29) is 29.6 Å². The molecule has 3 aromatic rings. The first-order valence-electron chi connectivity index (χ1n) is 11.1. The number of hydrogen-bond acceptors (Lipinski definition) is 5. The number of aryl methyl sites for hydroxylation is 1. The first kappa shape index (κ1) is 23.0. The fourth-order valence-electron chi connectivity index (χ4n) is 4.62. The van der Waals surface area contributed by atoms with E-state index in [0.29, 0.717) is 21.2 Å². The topological polar surface area (TPSA) is 61.2 Å². The van der Waals surface area contributed by atoms with Crippen LogP contribution >= 0.6 is 22.9 Å². The lowest BCUT2D eigenvalue weighted by molar-refractivity contribution is -0.152. The number of carbonyl (C=O) groups is 1. The Bertz CT molecular complexity index is 1180. The van der Waals surface area contributed by atoms with Gasteiger partial charge in [-0.15, -0.1) is 11.3 Å². The highest BCUT2D eigenvalue weighted by molar-refractivity contribution is 7.19. The number of thiophene rings is 1. The summed E-state index contributed by atoms with van der Waals surface area (Å²) in [4.78, 5) is 32.0. The number of carbonyl (C=O) groups excluding carboxylic acids is 1. The Kier molecular flexibility index (Phi) is 6.46. The Balaban J connectivity index is 1.52. The third-order valence-electron chi connectivity index (χ3n) is 6.48. The number of halogens is 1. The highest BCUT2D eigenvalue weighted by atomic mass is 35.5. The minimum atomic E-state index is -0.382. The van der Waals surface area contributed by atoms with Crippen molar-refractivity contribution in [3.8, 4) is 11.1 Å². The third-order valence-corrected chi connectivity index (χ3v) is 7.75. The van der Waals surface area contributed by atoms with Crippen LogP contribution in [0.15, 0.2) is 35.4 Å². The summed E-state index contributed by atoms with van der Waals surface area (Å²) in [5.74, 6) is 0.271. The molecule has 0 N–H and O–H groups in total. The second kappa shape index (κ2) is 8.99. The molecule has 1 aromatic carbocycles. The number of nitrogens with zero attached hydrogens (tertiary/aromatic N) is 2. The molecule has 32 heavy (non-hydrogen) atoms. The van der Waals surface area contributed by atoms with Gasteiger partial charge in [0, 0.05) is 15.5 Å². The lowest BCUT2D eigenvalue weighted by Gasteiger charge is -2.36.